The zero-order chi connectivity index (χ0) is 35.6. The van der Waals surface area contributed by atoms with Gasteiger partial charge in [0.25, 0.3) is 0 Å². The Morgan fingerprint density at radius 2 is 1.16 bits per heavy atom. The van der Waals surface area contributed by atoms with Crippen molar-refractivity contribution in [3.63, 3.8) is 0 Å². The highest BCUT2D eigenvalue weighted by molar-refractivity contribution is 5.86. The maximum absolute atomic E-state index is 12.8. The van der Waals surface area contributed by atoms with Crippen molar-refractivity contribution in [1.29, 1.82) is 0 Å². The maximum atomic E-state index is 12.8. The molecular formula is C42H58O8. The van der Waals surface area contributed by atoms with Crippen LogP contribution in [0.5, 0.6) is 0 Å². The summed E-state index contributed by atoms with van der Waals surface area (Å²) < 4.78 is 27.7. The normalized spacial score (nSPS) is 20.7. The summed E-state index contributed by atoms with van der Waals surface area (Å²) in [4.78, 5) is 36.7. The van der Waals surface area contributed by atoms with E-state index < -0.39 is 30.4 Å². The third-order valence-electron chi connectivity index (χ3n) is 9.96. The molecule has 50 heavy (non-hydrogen) atoms. The van der Waals surface area contributed by atoms with E-state index in [1.54, 1.807) is 0 Å². The number of carbonyl (C=O) groups excluding carboxylic acids is 3. The Kier molecular flexibility index (Phi) is 17.0. The Bertz CT molecular complexity index is 1280. The summed E-state index contributed by atoms with van der Waals surface area (Å²) in [5.74, 6) is 0.144. The second kappa shape index (κ2) is 21.7. The first-order valence-corrected chi connectivity index (χ1v) is 19.0. The van der Waals surface area contributed by atoms with Crippen molar-refractivity contribution in [2.24, 2.45) is 11.8 Å². The Morgan fingerprint density at radius 1 is 0.660 bits per heavy atom. The van der Waals surface area contributed by atoms with Crippen molar-refractivity contribution in [3.8, 4) is 11.1 Å². The minimum atomic E-state index is -1.17. The van der Waals surface area contributed by atoms with Gasteiger partial charge in [-0.25, -0.2) is 14.4 Å². The van der Waals surface area contributed by atoms with Crippen LogP contribution in [0.25, 0.3) is 11.1 Å². The van der Waals surface area contributed by atoms with Gasteiger partial charge in [-0.15, -0.1) is 0 Å². The number of unbranched alkanes of at least 4 members (excludes halogenated alkanes) is 5. The van der Waals surface area contributed by atoms with E-state index in [2.05, 4.69) is 30.8 Å². The second-order valence-electron chi connectivity index (χ2n) is 13.8. The SMILES string of the molecule is C=CC(=O)OCCCCCCC1CCC(CCc2ccc(-c3ccc(C4O[C@@H](C(=O)OCCCC)[C@H](C(=O)OCCCC)O4)cc3)cc2)CC1. The first-order valence-electron chi connectivity index (χ1n) is 19.0. The molecule has 2 aromatic rings. The average Bonchev–Trinajstić information content (AvgIpc) is 3.60. The van der Waals surface area contributed by atoms with E-state index in [0.29, 0.717) is 6.61 Å². The van der Waals surface area contributed by atoms with Crippen LogP contribution < -0.4 is 0 Å². The minimum Gasteiger partial charge on any atom is -0.464 e. The lowest BCUT2D eigenvalue weighted by molar-refractivity contribution is -0.163. The van der Waals surface area contributed by atoms with E-state index in [9.17, 15) is 14.4 Å². The van der Waals surface area contributed by atoms with Crippen LogP contribution in [-0.4, -0.2) is 49.9 Å². The minimum absolute atomic E-state index is 0.272. The molecule has 8 nitrogen and oxygen atoms in total. The highest BCUT2D eigenvalue weighted by Gasteiger charge is 2.47. The van der Waals surface area contributed by atoms with Crippen molar-refractivity contribution in [2.45, 2.75) is 129 Å². The summed E-state index contributed by atoms with van der Waals surface area (Å²) >= 11 is 0. The summed E-state index contributed by atoms with van der Waals surface area (Å²) in [6.45, 7) is 8.50. The molecule has 2 aromatic carbocycles. The molecule has 274 valence electrons. The van der Waals surface area contributed by atoms with Crippen LogP contribution >= 0.6 is 0 Å². The fraction of sp³-hybridized carbons (Fsp3) is 0.595. The van der Waals surface area contributed by atoms with Crippen LogP contribution in [0, 0.1) is 11.8 Å². The van der Waals surface area contributed by atoms with Crippen LogP contribution in [0.15, 0.2) is 61.2 Å². The van der Waals surface area contributed by atoms with Crippen LogP contribution in [0.2, 0.25) is 0 Å². The van der Waals surface area contributed by atoms with Gasteiger partial charge in [-0.1, -0.05) is 133 Å². The highest BCUT2D eigenvalue weighted by Crippen LogP contribution is 2.36. The van der Waals surface area contributed by atoms with Gasteiger partial charge in [0.15, 0.2) is 18.5 Å². The van der Waals surface area contributed by atoms with Crippen molar-refractivity contribution in [3.05, 3.63) is 72.3 Å². The summed E-state index contributed by atoms with van der Waals surface area (Å²) in [7, 11) is 0. The molecular weight excluding hydrogens is 632 g/mol. The van der Waals surface area contributed by atoms with Gasteiger partial charge in [-0.3, -0.25) is 0 Å². The Balaban J connectivity index is 1.20. The smallest absolute Gasteiger partial charge is 0.338 e. The lowest BCUT2D eigenvalue weighted by atomic mass is 9.77. The van der Waals surface area contributed by atoms with Gasteiger partial charge in [0.05, 0.1) is 19.8 Å². The first-order chi connectivity index (χ1) is 24.4. The number of carbonyl (C=O) groups is 3. The number of ether oxygens (including phenoxy) is 5. The molecule has 1 aliphatic carbocycles. The van der Waals surface area contributed by atoms with Crippen LogP contribution in [-0.2, 0) is 44.5 Å². The molecule has 0 spiro atoms. The molecule has 1 aliphatic heterocycles. The predicted octanol–water partition coefficient (Wildman–Crippen LogP) is 9.24. The maximum Gasteiger partial charge on any atom is 0.338 e. The van der Waals surface area contributed by atoms with E-state index in [-0.39, 0.29) is 19.2 Å². The van der Waals surface area contributed by atoms with E-state index in [4.69, 9.17) is 23.7 Å². The van der Waals surface area contributed by atoms with E-state index in [0.717, 1.165) is 73.5 Å². The topological polar surface area (TPSA) is 97.4 Å². The van der Waals surface area contributed by atoms with Crippen LogP contribution in [0.3, 0.4) is 0 Å². The molecule has 0 bridgehead atoms. The number of hydrogen-bond acceptors (Lipinski definition) is 8. The lowest BCUT2D eigenvalue weighted by Gasteiger charge is -2.28. The predicted molar refractivity (Wildman–Crippen MR) is 194 cm³/mol. The lowest BCUT2D eigenvalue weighted by Crippen LogP contribution is -2.39. The van der Waals surface area contributed by atoms with Gasteiger partial charge in [0.1, 0.15) is 0 Å². The Hall–Kier alpha value is -3.49. The zero-order valence-corrected chi connectivity index (χ0v) is 30.3. The van der Waals surface area contributed by atoms with Gasteiger partial charge in [0.2, 0.25) is 0 Å². The highest BCUT2D eigenvalue weighted by atomic mass is 16.8. The average molecular weight is 691 g/mol. The molecule has 0 aromatic heterocycles. The molecule has 4 rings (SSSR count). The summed E-state index contributed by atoms with van der Waals surface area (Å²) in [5.41, 5.74) is 4.28. The second-order valence-corrected chi connectivity index (χ2v) is 13.8. The standard InChI is InChI=1S/C42H58O8/c1-4-7-28-47-40(44)38-39(41(45)48-29-8-5-2)50-42(49-38)36-26-24-35(25-27-36)34-22-20-33(21-23-34)19-18-32-16-14-31(15-17-32)13-11-9-10-12-30-46-37(43)6-3/h6,20-27,31-32,38-39,42H,3-5,7-19,28-30H2,1-2H3/t31?,32?,38-,39-/m1/s1. The molecule has 1 heterocycles. The monoisotopic (exact) mass is 690 g/mol. The molecule has 0 amide bonds. The van der Waals surface area contributed by atoms with Gasteiger partial charge >= 0.3 is 17.9 Å². The van der Waals surface area contributed by atoms with E-state index >= 15 is 0 Å². The van der Waals surface area contributed by atoms with E-state index in [1.165, 1.54) is 63.0 Å². The van der Waals surface area contributed by atoms with Gasteiger partial charge in [-0.05, 0) is 60.6 Å². The molecule has 0 radical (unpaired) electrons. The number of benzene rings is 2. The number of hydrogen-bond donors (Lipinski definition) is 0. The van der Waals surface area contributed by atoms with Gasteiger partial charge in [-0.2, -0.15) is 0 Å². The quantitative estimate of drug-likeness (QED) is 0.0554. The number of esters is 3. The number of rotatable bonds is 21. The Morgan fingerprint density at radius 3 is 1.70 bits per heavy atom. The molecule has 0 N–H and O–H groups in total. The molecule has 0 unspecified atom stereocenters. The first kappa shape index (κ1) is 39.3. The molecule has 1 saturated heterocycles. The van der Waals surface area contributed by atoms with Crippen molar-refractivity contribution in [2.75, 3.05) is 19.8 Å². The van der Waals surface area contributed by atoms with Crippen LogP contribution in [0.4, 0.5) is 0 Å². The van der Waals surface area contributed by atoms with E-state index in [1.807, 2.05) is 38.1 Å². The molecule has 2 aliphatic rings. The van der Waals surface area contributed by atoms with Crippen molar-refractivity contribution >= 4 is 17.9 Å². The molecule has 1 saturated carbocycles. The third kappa shape index (κ3) is 12.7. The molecule has 8 heteroatoms. The third-order valence-corrected chi connectivity index (χ3v) is 9.96. The summed E-state index contributed by atoms with van der Waals surface area (Å²) in [5, 5.41) is 0. The van der Waals surface area contributed by atoms with Crippen LogP contribution in [0.1, 0.15) is 121 Å². The molecule has 2 fully saturated rings. The van der Waals surface area contributed by atoms with Gasteiger partial charge < -0.3 is 23.7 Å². The fourth-order valence-corrected chi connectivity index (χ4v) is 6.75. The summed E-state index contributed by atoms with van der Waals surface area (Å²) in [6, 6.07) is 16.7. The molecule has 2 atom stereocenters. The fourth-order valence-electron chi connectivity index (χ4n) is 6.75. The number of aryl methyl sites for hydroxylation is 1. The largest absolute Gasteiger partial charge is 0.464 e. The summed E-state index contributed by atoms with van der Waals surface area (Å²) in [6.07, 6.45) is 14.8. The van der Waals surface area contributed by atoms with Gasteiger partial charge in [0, 0.05) is 11.6 Å². The van der Waals surface area contributed by atoms with Crippen molar-refractivity contribution < 1.29 is 38.1 Å². The van der Waals surface area contributed by atoms with Crippen molar-refractivity contribution in [1.82, 2.24) is 0 Å². The Labute approximate surface area is 299 Å². The zero-order valence-electron chi connectivity index (χ0n) is 30.3.